The van der Waals surface area contributed by atoms with E-state index in [1.807, 2.05) is 0 Å². The van der Waals surface area contributed by atoms with E-state index < -0.39 is 97.5 Å². The number of carbonyl (C=O) groups excluding carboxylic acids is 4. The molecule has 0 fully saturated rings. The van der Waals surface area contributed by atoms with Crippen LogP contribution in [0.2, 0.25) is 0 Å². The summed E-state index contributed by atoms with van der Waals surface area (Å²) < 4.78 is 68.5. The number of phosphoric acid groups is 2. The monoisotopic (exact) mass is 1410 g/mol. The first-order valence-corrected chi connectivity index (χ1v) is 42.8. The number of unbranched alkanes of at least 4 members (excludes halogenated alkanes) is 43. The second-order valence-corrected chi connectivity index (χ2v) is 32.1. The van der Waals surface area contributed by atoms with Crippen LogP contribution in [0.25, 0.3) is 0 Å². The summed E-state index contributed by atoms with van der Waals surface area (Å²) in [6.07, 6.45) is 54.3. The second kappa shape index (κ2) is 67.5. The fourth-order valence-corrected chi connectivity index (χ4v) is 13.4. The van der Waals surface area contributed by atoms with Crippen molar-refractivity contribution in [1.82, 2.24) is 0 Å². The Morgan fingerprint density at radius 2 is 0.479 bits per heavy atom. The van der Waals surface area contributed by atoms with E-state index in [-0.39, 0.29) is 25.7 Å². The summed E-state index contributed by atoms with van der Waals surface area (Å²) in [6.45, 7) is 11.9. The maximum Gasteiger partial charge on any atom is 0.472 e. The molecule has 96 heavy (non-hydrogen) atoms. The molecule has 0 aromatic rings. The molecule has 0 aliphatic rings. The standard InChI is InChI=1S/C77H150O17P2/c1-8-9-10-11-12-13-14-21-25-30-37-44-51-58-74(79)87-64-72(93-76(81)60-53-46-38-31-26-23-20-18-16-15-17-19-22-24-28-34-41-48-55-68(2)3)66-91-95(83,84)89-62-71(78)63-90-96(85,86)92-67-73(65-88-75(80)59-52-45-40-33-36-43-50-57-70(6)7)94-77(82)61-54-47-39-32-27-29-35-42-49-56-69(4)5/h68-73,78H,8-67H2,1-7H3,(H,83,84)(H,85,86)/t71-,72-,73-/m1/s1. The van der Waals surface area contributed by atoms with Gasteiger partial charge in [-0.2, -0.15) is 0 Å². The van der Waals surface area contributed by atoms with Crippen molar-refractivity contribution >= 4 is 39.5 Å². The van der Waals surface area contributed by atoms with E-state index in [2.05, 4.69) is 48.5 Å². The normalized spacial score (nSPS) is 14.1. The molecule has 0 aliphatic carbocycles. The lowest BCUT2D eigenvalue weighted by Crippen LogP contribution is -2.30. The molecule has 0 saturated carbocycles. The zero-order chi connectivity index (χ0) is 70.9. The summed E-state index contributed by atoms with van der Waals surface area (Å²) in [5, 5.41) is 10.6. The lowest BCUT2D eigenvalue weighted by atomic mass is 10.0. The number of phosphoric ester groups is 2. The van der Waals surface area contributed by atoms with Crippen molar-refractivity contribution in [2.45, 2.75) is 414 Å². The molecule has 570 valence electrons. The summed E-state index contributed by atoms with van der Waals surface area (Å²) in [4.78, 5) is 72.8. The van der Waals surface area contributed by atoms with Gasteiger partial charge >= 0.3 is 39.5 Å². The highest BCUT2D eigenvalue weighted by atomic mass is 31.2. The number of hydrogen-bond donors (Lipinski definition) is 3. The largest absolute Gasteiger partial charge is 0.472 e. The Labute approximate surface area is 588 Å². The lowest BCUT2D eigenvalue weighted by molar-refractivity contribution is -0.161. The number of esters is 4. The summed E-state index contributed by atoms with van der Waals surface area (Å²) in [5.74, 6) is 0.144. The summed E-state index contributed by atoms with van der Waals surface area (Å²) in [7, 11) is -9.91. The van der Waals surface area contributed by atoms with Gasteiger partial charge in [0.15, 0.2) is 12.2 Å². The molecule has 0 spiro atoms. The van der Waals surface area contributed by atoms with Crippen LogP contribution in [0.4, 0.5) is 0 Å². The van der Waals surface area contributed by atoms with Gasteiger partial charge in [0.2, 0.25) is 0 Å². The number of ether oxygens (including phenoxy) is 4. The van der Waals surface area contributed by atoms with Gasteiger partial charge in [-0.1, -0.05) is 344 Å². The molecule has 5 atom stereocenters. The van der Waals surface area contributed by atoms with Crippen molar-refractivity contribution in [2.75, 3.05) is 39.6 Å². The van der Waals surface area contributed by atoms with Gasteiger partial charge in [0.25, 0.3) is 0 Å². The summed E-state index contributed by atoms with van der Waals surface area (Å²) in [6, 6.07) is 0. The van der Waals surface area contributed by atoms with E-state index in [0.29, 0.717) is 31.6 Å². The van der Waals surface area contributed by atoms with Crippen molar-refractivity contribution in [3.63, 3.8) is 0 Å². The molecule has 0 saturated heterocycles. The van der Waals surface area contributed by atoms with E-state index >= 15 is 0 Å². The number of aliphatic hydroxyl groups is 1. The number of hydrogen-bond acceptors (Lipinski definition) is 15. The Morgan fingerprint density at radius 3 is 0.708 bits per heavy atom. The number of aliphatic hydroxyl groups excluding tert-OH is 1. The van der Waals surface area contributed by atoms with Gasteiger partial charge < -0.3 is 33.8 Å². The van der Waals surface area contributed by atoms with Crippen molar-refractivity contribution in [2.24, 2.45) is 17.8 Å². The first kappa shape index (κ1) is 94.1. The molecule has 0 aromatic carbocycles. The van der Waals surface area contributed by atoms with Crippen LogP contribution in [0.3, 0.4) is 0 Å². The molecule has 0 aromatic heterocycles. The second-order valence-electron chi connectivity index (χ2n) is 29.2. The average molecular weight is 1410 g/mol. The van der Waals surface area contributed by atoms with Crippen LogP contribution in [-0.2, 0) is 65.4 Å². The minimum atomic E-state index is -4.96. The fraction of sp³-hybridized carbons (Fsp3) is 0.948. The molecular formula is C77H150O17P2. The summed E-state index contributed by atoms with van der Waals surface area (Å²) >= 11 is 0. The van der Waals surface area contributed by atoms with Crippen LogP contribution in [0, 0.1) is 17.8 Å². The Hall–Kier alpha value is -1.94. The van der Waals surface area contributed by atoms with Gasteiger partial charge in [-0.15, -0.1) is 0 Å². The van der Waals surface area contributed by atoms with Crippen molar-refractivity contribution in [3.8, 4) is 0 Å². The smallest absolute Gasteiger partial charge is 0.462 e. The molecule has 0 radical (unpaired) electrons. The average Bonchev–Trinajstić information content (AvgIpc) is 2.45. The third-order valence-electron chi connectivity index (χ3n) is 17.9. The first-order valence-electron chi connectivity index (χ1n) is 39.8. The van der Waals surface area contributed by atoms with Gasteiger partial charge in [0.05, 0.1) is 26.4 Å². The van der Waals surface area contributed by atoms with Crippen LogP contribution >= 0.6 is 15.6 Å². The molecule has 0 rings (SSSR count). The van der Waals surface area contributed by atoms with Crippen LogP contribution in [0.5, 0.6) is 0 Å². The maximum atomic E-state index is 13.1. The van der Waals surface area contributed by atoms with Crippen LogP contribution in [0.15, 0.2) is 0 Å². The Morgan fingerprint density at radius 1 is 0.281 bits per heavy atom. The van der Waals surface area contributed by atoms with E-state index in [1.54, 1.807) is 0 Å². The third kappa shape index (κ3) is 70.5. The minimum absolute atomic E-state index is 0.104. The van der Waals surface area contributed by atoms with Gasteiger partial charge in [0, 0.05) is 25.7 Å². The molecule has 0 amide bonds. The van der Waals surface area contributed by atoms with E-state index in [9.17, 15) is 43.2 Å². The van der Waals surface area contributed by atoms with Crippen LogP contribution in [-0.4, -0.2) is 96.7 Å². The molecule has 19 heteroatoms. The van der Waals surface area contributed by atoms with Gasteiger partial charge in [-0.25, -0.2) is 9.13 Å². The van der Waals surface area contributed by atoms with E-state index in [1.165, 1.54) is 199 Å². The van der Waals surface area contributed by atoms with Crippen molar-refractivity contribution in [3.05, 3.63) is 0 Å². The Kier molecular flexibility index (Phi) is 66.2. The first-order chi connectivity index (χ1) is 46.2. The molecule has 0 heterocycles. The fourth-order valence-electron chi connectivity index (χ4n) is 11.8. The van der Waals surface area contributed by atoms with Gasteiger partial charge in [0.1, 0.15) is 19.3 Å². The van der Waals surface area contributed by atoms with Crippen molar-refractivity contribution in [1.29, 1.82) is 0 Å². The third-order valence-corrected chi connectivity index (χ3v) is 19.8. The minimum Gasteiger partial charge on any atom is -0.462 e. The SMILES string of the molecule is CCCCCCCCCCCCCCCC(=O)OC[C@H](COP(=O)(O)OC[C@@H](O)COP(=O)(O)OC[C@@H](COC(=O)CCCCCCCCCC(C)C)OC(=O)CCCCCCCCCCCC(C)C)OC(=O)CCCCCCCCCCCCCCCCCCCCC(C)C. The quantitative estimate of drug-likeness (QED) is 0.0222. The van der Waals surface area contributed by atoms with Crippen molar-refractivity contribution < 1.29 is 80.2 Å². The zero-order valence-electron chi connectivity index (χ0n) is 62.8. The van der Waals surface area contributed by atoms with Gasteiger partial charge in [-0.05, 0) is 43.4 Å². The topological polar surface area (TPSA) is 237 Å². The molecular weight excluding hydrogens is 1260 g/mol. The molecule has 17 nitrogen and oxygen atoms in total. The number of carbonyl (C=O) groups is 4. The van der Waals surface area contributed by atoms with E-state index in [0.717, 1.165) is 108 Å². The lowest BCUT2D eigenvalue weighted by Gasteiger charge is -2.21. The van der Waals surface area contributed by atoms with Gasteiger partial charge in [-0.3, -0.25) is 37.3 Å². The zero-order valence-corrected chi connectivity index (χ0v) is 64.6. The molecule has 0 bridgehead atoms. The Balaban J connectivity index is 5.20. The molecule has 2 unspecified atom stereocenters. The van der Waals surface area contributed by atoms with Crippen LogP contribution in [0.1, 0.15) is 395 Å². The highest BCUT2D eigenvalue weighted by Gasteiger charge is 2.30. The highest BCUT2D eigenvalue weighted by molar-refractivity contribution is 7.47. The Bertz CT molecular complexity index is 1870. The highest BCUT2D eigenvalue weighted by Crippen LogP contribution is 2.45. The molecule has 3 N–H and O–H groups in total. The molecule has 0 aliphatic heterocycles. The van der Waals surface area contributed by atoms with E-state index in [4.69, 9.17) is 37.0 Å². The maximum absolute atomic E-state index is 13.1. The van der Waals surface area contributed by atoms with Crippen LogP contribution < -0.4 is 0 Å². The number of rotatable bonds is 75. The summed E-state index contributed by atoms with van der Waals surface area (Å²) in [5.41, 5.74) is 0. The predicted molar refractivity (Wildman–Crippen MR) is 391 cm³/mol. The predicted octanol–water partition coefficient (Wildman–Crippen LogP) is 22.6.